The molecule has 0 radical (unpaired) electrons. The molecule has 0 spiro atoms. The van der Waals surface area contributed by atoms with Crippen LogP contribution in [0.3, 0.4) is 0 Å². The van der Waals surface area contributed by atoms with Crippen molar-refractivity contribution in [2.75, 3.05) is 59.0 Å². The van der Waals surface area contributed by atoms with Gasteiger partial charge in [-0.3, -0.25) is 9.89 Å². The standard InChI is InChI=1S/C20H41N5O3/c1-8-21-17(23-16-20(6,7)25-12-14-27-15-13-25)22-10-11-24(9-2)18(26)28-19(3,4)5/h8-16H2,1-7H3,(H2,21,22,23). The monoisotopic (exact) mass is 399 g/mol. The van der Waals surface area contributed by atoms with Crippen LogP contribution in [0, 0.1) is 0 Å². The number of morpholine rings is 1. The average Bonchev–Trinajstić information content (AvgIpc) is 2.62. The number of rotatable bonds is 8. The molecule has 164 valence electrons. The molecule has 0 aromatic rings. The van der Waals surface area contributed by atoms with Crippen LogP contribution in [0.2, 0.25) is 0 Å². The molecule has 0 aliphatic carbocycles. The Balaban J connectivity index is 2.56. The maximum absolute atomic E-state index is 12.2. The van der Waals surface area contributed by atoms with Gasteiger partial charge in [0.25, 0.3) is 0 Å². The minimum atomic E-state index is -0.487. The lowest BCUT2D eigenvalue weighted by molar-refractivity contribution is -0.00684. The van der Waals surface area contributed by atoms with E-state index in [0.717, 1.165) is 38.8 Å². The summed E-state index contributed by atoms with van der Waals surface area (Å²) in [7, 11) is 0. The minimum absolute atomic E-state index is 0.0297. The van der Waals surface area contributed by atoms with E-state index in [2.05, 4.69) is 29.4 Å². The molecule has 1 saturated heterocycles. The zero-order chi connectivity index (χ0) is 21.2. The van der Waals surface area contributed by atoms with Gasteiger partial charge in [-0.2, -0.15) is 0 Å². The fourth-order valence-corrected chi connectivity index (χ4v) is 2.90. The van der Waals surface area contributed by atoms with Crippen molar-refractivity contribution in [2.24, 2.45) is 4.99 Å². The summed E-state index contributed by atoms with van der Waals surface area (Å²) < 4.78 is 10.9. The van der Waals surface area contributed by atoms with Crippen LogP contribution in [-0.4, -0.2) is 92.0 Å². The average molecular weight is 400 g/mol. The highest BCUT2D eigenvalue weighted by Crippen LogP contribution is 2.16. The predicted molar refractivity (Wildman–Crippen MR) is 114 cm³/mol. The van der Waals surface area contributed by atoms with Crippen molar-refractivity contribution in [1.82, 2.24) is 20.4 Å². The predicted octanol–water partition coefficient (Wildman–Crippen LogP) is 1.91. The topological polar surface area (TPSA) is 78.4 Å². The summed E-state index contributed by atoms with van der Waals surface area (Å²) in [6.45, 7) is 20.7. The van der Waals surface area contributed by atoms with E-state index in [1.807, 2.05) is 34.6 Å². The first-order valence-electron chi connectivity index (χ1n) is 10.4. The van der Waals surface area contributed by atoms with Gasteiger partial charge in [0, 0.05) is 44.8 Å². The number of hydrogen-bond acceptors (Lipinski definition) is 5. The number of aliphatic imine (C=N–C) groups is 1. The van der Waals surface area contributed by atoms with Crippen molar-refractivity contribution >= 4 is 12.1 Å². The summed E-state index contributed by atoms with van der Waals surface area (Å²) >= 11 is 0. The zero-order valence-corrected chi connectivity index (χ0v) is 18.9. The van der Waals surface area contributed by atoms with Gasteiger partial charge in [0.15, 0.2) is 5.96 Å². The number of likely N-dealkylation sites (N-methyl/N-ethyl adjacent to an activating group) is 1. The van der Waals surface area contributed by atoms with Crippen molar-refractivity contribution in [2.45, 2.75) is 59.6 Å². The summed E-state index contributed by atoms with van der Waals surface area (Å²) in [5.74, 6) is 0.768. The molecular formula is C20H41N5O3. The molecule has 1 rings (SSSR count). The number of nitrogens with zero attached hydrogens (tertiary/aromatic N) is 3. The first kappa shape index (κ1) is 24.5. The summed E-state index contributed by atoms with van der Waals surface area (Å²) in [5.41, 5.74) is -0.516. The molecule has 0 aromatic heterocycles. The lowest BCUT2D eigenvalue weighted by atomic mass is 10.0. The number of guanidine groups is 1. The van der Waals surface area contributed by atoms with Gasteiger partial charge in [-0.25, -0.2) is 4.79 Å². The first-order chi connectivity index (χ1) is 13.1. The lowest BCUT2D eigenvalue weighted by Gasteiger charge is -2.39. The molecule has 1 amide bonds. The number of nitrogens with one attached hydrogen (secondary N) is 2. The molecule has 0 aromatic carbocycles. The van der Waals surface area contributed by atoms with Crippen LogP contribution < -0.4 is 10.6 Å². The lowest BCUT2D eigenvalue weighted by Crippen LogP contribution is -2.52. The third kappa shape index (κ3) is 9.10. The van der Waals surface area contributed by atoms with Crippen LogP contribution in [0.15, 0.2) is 4.99 Å². The molecule has 0 atom stereocenters. The van der Waals surface area contributed by atoms with Gasteiger partial charge in [-0.15, -0.1) is 0 Å². The van der Waals surface area contributed by atoms with Crippen LogP contribution in [0.1, 0.15) is 48.5 Å². The van der Waals surface area contributed by atoms with E-state index < -0.39 is 5.60 Å². The SMILES string of the molecule is CCNC(=NCC(C)(C)N1CCOCC1)NCCN(CC)C(=O)OC(C)(C)C. The molecule has 1 aliphatic heterocycles. The van der Waals surface area contributed by atoms with E-state index in [1.165, 1.54) is 0 Å². The second kappa shape index (κ2) is 11.5. The van der Waals surface area contributed by atoms with Crippen molar-refractivity contribution in [3.8, 4) is 0 Å². The van der Waals surface area contributed by atoms with Gasteiger partial charge in [0.1, 0.15) is 5.60 Å². The van der Waals surface area contributed by atoms with Gasteiger partial charge in [-0.05, 0) is 48.5 Å². The highest BCUT2D eigenvalue weighted by atomic mass is 16.6. The Bertz CT molecular complexity index is 497. The van der Waals surface area contributed by atoms with Gasteiger partial charge in [0.05, 0.1) is 19.8 Å². The second-order valence-electron chi connectivity index (χ2n) is 8.59. The van der Waals surface area contributed by atoms with Crippen LogP contribution in [0.4, 0.5) is 4.79 Å². The van der Waals surface area contributed by atoms with Crippen molar-refractivity contribution in [3.63, 3.8) is 0 Å². The van der Waals surface area contributed by atoms with E-state index >= 15 is 0 Å². The first-order valence-corrected chi connectivity index (χ1v) is 10.4. The Morgan fingerprint density at radius 3 is 2.32 bits per heavy atom. The quantitative estimate of drug-likeness (QED) is 0.480. The zero-order valence-electron chi connectivity index (χ0n) is 18.9. The van der Waals surface area contributed by atoms with Gasteiger partial charge in [-0.1, -0.05) is 0 Å². The normalized spacial score (nSPS) is 16.6. The van der Waals surface area contributed by atoms with E-state index in [1.54, 1.807) is 4.90 Å². The number of carbonyl (C=O) groups excluding carboxylic acids is 1. The summed E-state index contributed by atoms with van der Waals surface area (Å²) in [4.78, 5) is 21.1. The molecule has 8 heteroatoms. The minimum Gasteiger partial charge on any atom is -0.444 e. The van der Waals surface area contributed by atoms with E-state index in [9.17, 15) is 4.79 Å². The Morgan fingerprint density at radius 1 is 1.14 bits per heavy atom. The molecule has 2 N–H and O–H groups in total. The van der Waals surface area contributed by atoms with Crippen LogP contribution in [-0.2, 0) is 9.47 Å². The summed E-state index contributed by atoms with van der Waals surface area (Å²) in [6.07, 6.45) is -0.285. The Hall–Kier alpha value is -1.54. The fourth-order valence-electron chi connectivity index (χ4n) is 2.90. The Morgan fingerprint density at radius 2 is 1.79 bits per heavy atom. The molecule has 28 heavy (non-hydrogen) atoms. The maximum atomic E-state index is 12.2. The molecule has 1 heterocycles. The number of ether oxygens (including phenoxy) is 2. The molecule has 0 unspecified atom stereocenters. The molecule has 1 fully saturated rings. The summed E-state index contributed by atoms with van der Waals surface area (Å²) in [5, 5.41) is 6.60. The highest BCUT2D eigenvalue weighted by molar-refractivity contribution is 5.79. The van der Waals surface area contributed by atoms with E-state index in [-0.39, 0.29) is 11.6 Å². The van der Waals surface area contributed by atoms with E-state index in [0.29, 0.717) is 26.2 Å². The van der Waals surface area contributed by atoms with Gasteiger partial charge >= 0.3 is 6.09 Å². The van der Waals surface area contributed by atoms with Gasteiger partial charge in [0.2, 0.25) is 0 Å². The Labute approximate surface area is 171 Å². The van der Waals surface area contributed by atoms with Gasteiger partial charge < -0.3 is 25.0 Å². The third-order valence-electron chi connectivity index (χ3n) is 4.54. The fraction of sp³-hybridized carbons (Fsp3) is 0.900. The summed E-state index contributed by atoms with van der Waals surface area (Å²) in [6, 6.07) is 0. The van der Waals surface area contributed by atoms with Crippen LogP contribution >= 0.6 is 0 Å². The smallest absolute Gasteiger partial charge is 0.410 e. The molecule has 1 aliphatic rings. The van der Waals surface area contributed by atoms with Crippen LogP contribution in [0.25, 0.3) is 0 Å². The van der Waals surface area contributed by atoms with Crippen molar-refractivity contribution in [3.05, 3.63) is 0 Å². The molecule has 0 saturated carbocycles. The Kier molecular flexibility index (Phi) is 10.0. The van der Waals surface area contributed by atoms with Crippen LogP contribution in [0.5, 0.6) is 0 Å². The van der Waals surface area contributed by atoms with E-state index in [4.69, 9.17) is 14.5 Å². The molecular weight excluding hydrogens is 358 g/mol. The maximum Gasteiger partial charge on any atom is 0.410 e. The number of hydrogen-bond donors (Lipinski definition) is 2. The largest absolute Gasteiger partial charge is 0.444 e. The molecule has 8 nitrogen and oxygen atoms in total. The number of carbonyl (C=O) groups is 1. The number of amides is 1. The van der Waals surface area contributed by atoms with Crippen molar-refractivity contribution < 1.29 is 14.3 Å². The third-order valence-corrected chi connectivity index (χ3v) is 4.54. The molecule has 0 bridgehead atoms. The second-order valence-corrected chi connectivity index (χ2v) is 8.59. The van der Waals surface area contributed by atoms with Crippen molar-refractivity contribution in [1.29, 1.82) is 0 Å². The highest BCUT2D eigenvalue weighted by Gasteiger charge is 2.28.